The molecule has 0 saturated carbocycles. The van der Waals surface area contributed by atoms with Gasteiger partial charge in [0, 0.05) is 13.1 Å². The molecule has 4 rings (SSSR count). The summed E-state index contributed by atoms with van der Waals surface area (Å²) >= 11 is 0. The molecule has 6 nitrogen and oxygen atoms in total. The van der Waals surface area contributed by atoms with Gasteiger partial charge in [-0.3, -0.25) is 4.79 Å². The normalized spacial score (nSPS) is 16.6. The second kappa shape index (κ2) is 10.8. The van der Waals surface area contributed by atoms with Crippen LogP contribution in [0.3, 0.4) is 0 Å². The van der Waals surface area contributed by atoms with Crippen LogP contribution in [0.1, 0.15) is 36.0 Å². The SMILES string of the molecule is Cc1ccc(S(=O)(=O)N(Cc2cccc(OCc3ccccc3)c2)C2CCCCNC2=O)cc1. The fourth-order valence-corrected chi connectivity index (χ4v) is 5.67. The predicted molar refractivity (Wildman–Crippen MR) is 132 cm³/mol. The van der Waals surface area contributed by atoms with Crippen molar-refractivity contribution in [1.82, 2.24) is 9.62 Å². The van der Waals surface area contributed by atoms with Crippen LogP contribution in [0.15, 0.2) is 83.8 Å². The smallest absolute Gasteiger partial charge is 0.244 e. The number of aryl methyl sites for hydroxylation is 1. The Morgan fingerprint density at radius 3 is 2.44 bits per heavy atom. The van der Waals surface area contributed by atoms with Crippen LogP contribution >= 0.6 is 0 Å². The zero-order valence-corrected chi connectivity index (χ0v) is 20.1. The molecule has 0 bridgehead atoms. The third-order valence-electron chi connectivity index (χ3n) is 5.97. The minimum atomic E-state index is -3.90. The monoisotopic (exact) mass is 478 g/mol. The van der Waals surface area contributed by atoms with E-state index in [0.717, 1.165) is 29.5 Å². The highest BCUT2D eigenvalue weighted by atomic mass is 32.2. The molecule has 7 heteroatoms. The summed E-state index contributed by atoms with van der Waals surface area (Å²) in [6.07, 6.45) is 2.11. The molecule has 0 radical (unpaired) electrons. The van der Waals surface area contributed by atoms with Crippen LogP contribution in [-0.2, 0) is 28.0 Å². The summed E-state index contributed by atoms with van der Waals surface area (Å²) < 4.78 is 34.7. The Bertz CT molecular complexity index is 1210. The Labute approximate surface area is 201 Å². The molecular formula is C27H30N2O4S. The maximum atomic E-state index is 13.7. The lowest BCUT2D eigenvalue weighted by atomic mass is 10.1. The van der Waals surface area contributed by atoms with Crippen molar-refractivity contribution in [2.24, 2.45) is 0 Å². The van der Waals surface area contributed by atoms with Gasteiger partial charge >= 0.3 is 0 Å². The van der Waals surface area contributed by atoms with Gasteiger partial charge in [0.25, 0.3) is 0 Å². The van der Waals surface area contributed by atoms with Gasteiger partial charge in [-0.2, -0.15) is 4.31 Å². The van der Waals surface area contributed by atoms with Gasteiger partial charge in [0.2, 0.25) is 15.9 Å². The van der Waals surface area contributed by atoms with E-state index in [9.17, 15) is 13.2 Å². The Balaban J connectivity index is 1.61. The van der Waals surface area contributed by atoms with E-state index in [1.165, 1.54) is 4.31 Å². The molecule has 34 heavy (non-hydrogen) atoms. The summed E-state index contributed by atoms with van der Waals surface area (Å²) in [7, 11) is -3.90. The van der Waals surface area contributed by atoms with Crippen molar-refractivity contribution in [2.45, 2.75) is 50.3 Å². The van der Waals surface area contributed by atoms with Crippen LogP contribution in [0.2, 0.25) is 0 Å². The molecule has 3 aromatic rings. The van der Waals surface area contributed by atoms with E-state index in [-0.39, 0.29) is 17.3 Å². The summed E-state index contributed by atoms with van der Waals surface area (Å²) in [6, 6.07) is 23.2. The highest BCUT2D eigenvalue weighted by Crippen LogP contribution is 2.26. The van der Waals surface area contributed by atoms with Crippen molar-refractivity contribution in [2.75, 3.05) is 6.54 Å². The van der Waals surface area contributed by atoms with Crippen LogP contribution in [0.5, 0.6) is 5.75 Å². The number of hydrogen-bond donors (Lipinski definition) is 1. The topological polar surface area (TPSA) is 75.7 Å². The standard InChI is InChI=1S/C27H30N2O4S/c1-21-13-15-25(16-14-21)34(31,32)29(26-12-5-6-17-28-27(26)30)19-23-10-7-11-24(18-23)33-20-22-8-3-2-4-9-22/h2-4,7-11,13-16,18,26H,5-6,12,17,19-20H2,1H3,(H,28,30). The molecule has 178 valence electrons. The van der Waals surface area contributed by atoms with Gasteiger partial charge in [0.05, 0.1) is 4.90 Å². The second-order valence-electron chi connectivity index (χ2n) is 8.59. The van der Waals surface area contributed by atoms with Crippen LogP contribution in [0, 0.1) is 6.92 Å². The van der Waals surface area contributed by atoms with E-state index < -0.39 is 16.1 Å². The molecule has 1 fully saturated rings. The summed E-state index contributed by atoms with van der Waals surface area (Å²) in [5.41, 5.74) is 2.78. The average molecular weight is 479 g/mol. The van der Waals surface area contributed by atoms with E-state index in [1.54, 1.807) is 24.3 Å². The molecule has 1 atom stereocenters. The molecular weight excluding hydrogens is 448 g/mol. The van der Waals surface area contributed by atoms with Gasteiger partial charge in [0.15, 0.2) is 0 Å². The number of carbonyl (C=O) groups excluding carboxylic acids is 1. The zero-order valence-electron chi connectivity index (χ0n) is 19.3. The van der Waals surface area contributed by atoms with Gasteiger partial charge in [-0.05, 0) is 61.6 Å². The van der Waals surface area contributed by atoms with Crippen molar-refractivity contribution in [3.05, 3.63) is 95.6 Å². The lowest BCUT2D eigenvalue weighted by Crippen LogP contribution is -2.48. The van der Waals surface area contributed by atoms with Gasteiger partial charge < -0.3 is 10.1 Å². The summed E-state index contributed by atoms with van der Waals surface area (Å²) in [6.45, 7) is 2.97. The van der Waals surface area contributed by atoms with Crippen LogP contribution in [-0.4, -0.2) is 31.2 Å². The van der Waals surface area contributed by atoms with Gasteiger partial charge in [-0.25, -0.2) is 8.42 Å². The van der Waals surface area contributed by atoms with Gasteiger partial charge in [-0.1, -0.05) is 60.2 Å². The number of nitrogens with one attached hydrogen (secondary N) is 1. The lowest BCUT2D eigenvalue weighted by molar-refractivity contribution is -0.124. The van der Waals surface area contributed by atoms with Crippen molar-refractivity contribution in [3.63, 3.8) is 0 Å². The minimum absolute atomic E-state index is 0.0802. The largest absolute Gasteiger partial charge is 0.489 e. The van der Waals surface area contributed by atoms with Crippen molar-refractivity contribution < 1.29 is 17.9 Å². The fraction of sp³-hybridized carbons (Fsp3) is 0.296. The molecule has 1 amide bonds. The van der Waals surface area contributed by atoms with Crippen LogP contribution < -0.4 is 10.1 Å². The summed E-state index contributed by atoms with van der Waals surface area (Å²) in [4.78, 5) is 13.0. The Kier molecular flexibility index (Phi) is 7.65. The third kappa shape index (κ3) is 5.85. The maximum absolute atomic E-state index is 13.7. The van der Waals surface area contributed by atoms with Crippen LogP contribution in [0.4, 0.5) is 0 Å². The number of rotatable bonds is 8. The fourth-order valence-electron chi connectivity index (χ4n) is 4.06. The molecule has 1 N–H and O–H groups in total. The van der Waals surface area contributed by atoms with E-state index in [2.05, 4.69) is 5.32 Å². The number of amides is 1. The second-order valence-corrected chi connectivity index (χ2v) is 10.5. The number of carbonyl (C=O) groups is 1. The quantitative estimate of drug-likeness (QED) is 0.520. The highest BCUT2D eigenvalue weighted by molar-refractivity contribution is 7.89. The van der Waals surface area contributed by atoms with E-state index in [4.69, 9.17) is 4.74 Å². The predicted octanol–water partition coefficient (Wildman–Crippen LogP) is 4.43. The van der Waals surface area contributed by atoms with E-state index in [0.29, 0.717) is 25.3 Å². The van der Waals surface area contributed by atoms with Gasteiger partial charge in [-0.15, -0.1) is 0 Å². The highest BCUT2D eigenvalue weighted by Gasteiger charge is 2.36. The first-order valence-corrected chi connectivity index (χ1v) is 13.0. The minimum Gasteiger partial charge on any atom is -0.489 e. The number of ether oxygens (including phenoxy) is 1. The Morgan fingerprint density at radius 1 is 0.941 bits per heavy atom. The number of sulfonamides is 1. The lowest BCUT2D eigenvalue weighted by Gasteiger charge is -2.29. The molecule has 1 heterocycles. The molecule has 1 aliphatic rings. The van der Waals surface area contributed by atoms with E-state index >= 15 is 0 Å². The summed E-state index contributed by atoms with van der Waals surface area (Å²) in [5.74, 6) is 0.407. The molecule has 1 saturated heterocycles. The number of nitrogens with zero attached hydrogens (tertiary/aromatic N) is 1. The Hall–Kier alpha value is -3.16. The molecule has 0 spiro atoms. The van der Waals surface area contributed by atoms with Gasteiger partial charge in [0.1, 0.15) is 18.4 Å². The molecule has 0 aromatic heterocycles. The molecule has 1 unspecified atom stereocenters. The first kappa shape index (κ1) is 24.0. The Morgan fingerprint density at radius 2 is 1.68 bits per heavy atom. The maximum Gasteiger partial charge on any atom is 0.244 e. The number of hydrogen-bond acceptors (Lipinski definition) is 4. The first-order chi connectivity index (χ1) is 16.4. The average Bonchev–Trinajstić information content (AvgIpc) is 3.06. The molecule has 1 aliphatic heterocycles. The van der Waals surface area contributed by atoms with Crippen molar-refractivity contribution >= 4 is 15.9 Å². The number of benzene rings is 3. The molecule has 0 aliphatic carbocycles. The summed E-state index contributed by atoms with van der Waals surface area (Å²) in [5, 5.41) is 2.87. The third-order valence-corrected chi connectivity index (χ3v) is 7.84. The van der Waals surface area contributed by atoms with Crippen molar-refractivity contribution in [3.8, 4) is 5.75 Å². The first-order valence-electron chi connectivity index (χ1n) is 11.6. The van der Waals surface area contributed by atoms with Crippen LogP contribution in [0.25, 0.3) is 0 Å². The molecule has 3 aromatic carbocycles. The van der Waals surface area contributed by atoms with Crippen molar-refractivity contribution in [1.29, 1.82) is 0 Å². The van der Waals surface area contributed by atoms with E-state index in [1.807, 2.05) is 61.5 Å². The zero-order chi connectivity index (χ0) is 24.0.